The Morgan fingerprint density at radius 2 is 1.95 bits per heavy atom. The Hall–Kier alpha value is -2.56. The highest BCUT2D eigenvalue weighted by molar-refractivity contribution is 5.80. The molecule has 2 aromatic rings. The van der Waals surface area contributed by atoms with Crippen LogP contribution in [0.2, 0.25) is 0 Å². The molecule has 0 aliphatic carbocycles. The Morgan fingerprint density at radius 1 is 1.18 bits per heavy atom. The van der Waals surface area contributed by atoms with E-state index in [0.29, 0.717) is 6.54 Å². The van der Waals surface area contributed by atoms with Crippen molar-refractivity contribution in [1.82, 2.24) is 10.3 Å². The number of carbonyl (C=O) groups is 1. The maximum Gasteiger partial charge on any atom is 0.239 e. The van der Waals surface area contributed by atoms with Crippen LogP contribution in [0.1, 0.15) is 19.5 Å². The van der Waals surface area contributed by atoms with Crippen LogP contribution in [0.15, 0.2) is 48.7 Å². The summed E-state index contributed by atoms with van der Waals surface area (Å²) >= 11 is 0. The molecule has 1 heterocycles. The van der Waals surface area contributed by atoms with Gasteiger partial charge in [0.25, 0.3) is 0 Å². The summed E-state index contributed by atoms with van der Waals surface area (Å²) in [5, 5.41) is 5.89. The zero-order valence-corrected chi connectivity index (χ0v) is 12.9. The zero-order valence-electron chi connectivity index (χ0n) is 12.9. The summed E-state index contributed by atoms with van der Waals surface area (Å²) in [6.45, 7) is 4.62. The number of anilines is 1. The van der Waals surface area contributed by atoms with Crippen LogP contribution in [0.25, 0.3) is 0 Å². The molecule has 0 radical (unpaired) electrons. The van der Waals surface area contributed by atoms with Crippen LogP contribution in [0, 0.1) is 0 Å². The number of nitrogens with zero attached hydrogens (tertiary/aromatic N) is 1. The molecule has 22 heavy (non-hydrogen) atoms. The van der Waals surface area contributed by atoms with Crippen molar-refractivity contribution >= 4 is 11.6 Å². The number of ether oxygens (including phenoxy) is 1. The third-order valence-electron chi connectivity index (χ3n) is 2.87. The van der Waals surface area contributed by atoms with Gasteiger partial charge in [-0.1, -0.05) is 6.07 Å². The van der Waals surface area contributed by atoms with Crippen molar-refractivity contribution in [1.29, 1.82) is 0 Å². The van der Waals surface area contributed by atoms with E-state index in [0.717, 1.165) is 17.1 Å². The summed E-state index contributed by atoms with van der Waals surface area (Å²) in [6, 6.07) is 13.2. The van der Waals surface area contributed by atoms with Crippen molar-refractivity contribution in [3.8, 4) is 5.75 Å². The average Bonchev–Trinajstić information content (AvgIpc) is 2.53. The lowest BCUT2D eigenvalue weighted by molar-refractivity contribution is -0.119. The van der Waals surface area contributed by atoms with E-state index >= 15 is 0 Å². The van der Waals surface area contributed by atoms with Gasteiger partial charge in [0.05, 0.1) is 24.9 Å². The van der Waals surface area contributed by atoms with Gasteiger partial charge in [-0.25, -0.2) is 0 Å². The normalized spacial score (nSPS) is 10.3. The highest BCUT2D eigenvalue weighted by Gasteiger charge is 2.02. The van der Waals surface area contributed by atoms with E-state index in [9.17, 15) is 4.79 Å². The predicted molar refractivity (Wildman–Crippen MR) is 86.8 cm³/mol. The molecular formula is C17H21N3O2. The lowest BCUT2D eigenvalue weighted by atomic mass is 10.3. The Bertz CT molecular complexity index is 583. The van der Waals surface area contributed by atoms with Crippen molar-refractivity contribution < 1.29 is 9.53 Å². The standard InChI is InChI=1S/C17H21N3O2/c1-13(2)22-16-8-6-14(7-9-16)19-12-17(21)20-11-15-5-3-4-10-18-15/h3-10,13,19H,11-12H2,1-2H3,(H,20,21). The smallest absolute Gasteiger partial charge is 0.239 e. The predicted octanol–water partition coefficient (Wildman–Crippen LogP) is 2.60. The minimum atomic E-state index is -0.0758. The fraction of sp³-hybridized carbons (Fsp3) is 0.294. The second-order valence-electron chi connectivity index (χ2n) is 5.14. The summed E-state index contributed by atoms with van der Waals surface area (Å²) in [4.78, 5) is 15.9. The molecule has 116 valence electrons. The fourth-order valence-corrected chi connectivity index (χ4v) is 1.86. The Morgan fingerprint density at radius 3 is 2.59 bits per heavy atom. The number of carbonyl (C=O) groups excluding carboxylic acids is 1. The number of benzene rings is 1. The Balaban J connectivity index is 1.74. The molecule has 1 amide bonds. The van der Waals surface area contributed by atoms with E-state index in [-0.39, 0.29) is 18.6 Å². The van der Waals surface area contributed by atoms with Gasteiger partial charge in [0.2, 0.25) is 5.91 Å². The largest absolute Gasteiger partial charge is 0.491 e. The highest BCUT2D eigenvalue weighted by Crippen LogP contribution is 2.16. The summed E-state index contributed by atoms with van der Waals surface area (Å²) < 4.78 is 5.57. The molecule has 2 N–H and O–H groups in total. The number of nitrogens with one attached hydrogen (secondary N) is 2. The van der Waals surface area contributed by atoms with Crippen LogP contribution < -0.4 is 15.4 Å². The molecule has 0 fully saturated rings. The van der Waals surface area contributed by atoms with Gasteiger partial charge in [-0.2, -0.15) is 0 Å². The number of aromatic nitrogens is 1. The molecule has 1 aromatic carbocycles. The van der Waals surface area contributed by atoms with Gasteiger partial charge >= 0.3 is 0 Å². The van der Waals surface area contributed by atoms with E-state index < -0.39 is 0 Å². The first-order valence-corrected chi connectivity index (χ1v) is 7.30. The van der Waals surface area contributed by atoms with Crippen LogP contribution in [-0.2, 0) is 11.3 Å². The van der Waals surface area contributed by atoms with Crippen molar-refractivity contribution in [2.75, 3.05) is 11.9 Å². The second-order valence-corrected chi connectivity index (χ2v) is 5.14. The number of hydrogen-bond acceptors (Lipinski definition) is 4. The lowest BCUT2D eigenvalue weighted by Gasteiger charge is -2.11. The fourth-order valence-electron chi connectivity index (χ4n) is 1.86. The van der Waals surface area contributed by atoms with E-state index in [1.807, 2.05) is 56.3 Å². The SMILES string of the molecule is CC(C)Oc1ccc(NCC(=O)NCc2ccccn2)cc1. The molecule has 0 bridgehead atoms. The third-order valence-corrected chi connectivity index (χ3v) is 2.87. The minimum absolute atomic E-state index is 0.0758. The number of amides is 1. The van der Waals surface area contributed by atoms with Gasteiger partial charge in [-0.15, -0.1) is 0 Å². The van der Waals surface area contributed by atoms with Crippen molar-refractivity contribution in [3.63, 3.8) is 0 Å². The molecule has 1 aromatic heterocycles. The van der Waals surface area contributed by atoms with Crippen LogP contribution in [0.4, 0.5) is 5.69 Å². The van der Waals surface area contributed by atoms with E-state index in [1.165, 1.54) is 0 Å². The quantitative estimate of drug-likeness (QED) is 0.825. The van der Waals surface area contributed by atoms with Gasteiger partial charge in [0.1, 0.15) is 5.75 Å². The molecule has 0 aliphatic heterocycles. The van der Waals surface area contributed by atoms with Gasteiger partial charge in [-0.05, 0) is 50.2 Å². The maximum atomic E-state index is 11.8. The minimum Gasteiger partial charge on any atom is -0.491 e. The summed E-state index contributed by atoms with van der Waals surface area (Å²) in [5.41, 5.74) is 1.72. The summed E-state index contributed by atoms with van der Waals surface area (Å²) in [5.74, 6) is 0.744. The lowest BCUT2D eigenvalue weighted by Crippen LogP contribution is -2.29. The zero-order chi connectivity index (χ0) is 15.8. The molecule has 0 unspecified atom stereocenters. The highest BCUT2D eigenvalue weighted by atomic mass is 16.5. The molecular weight excluding hydrogens is 278 g/mol. The molecule has 5 heteroatoms. The Labute approximate surface area is 130 Å². The molecule has 2 rings (SSSR count). The Kier molecular flexibility index (Phi) is 5.77. The first-order chi connectivity index (χ1) is 10.6. The van der Waals surface area contributed by atoms with E-state index in [4.69, 9.17) is 4.74 Å². The van der Waals surface area contributed by atoms with Gasteiger partial charge in [-0.3, -0.25) is 9.78 Å². The first-order valence-electron chi connectivity index (χ1n) is 7.30. The molecule has 0 spiro atoms. The van der Waals surface area contributed by atoms with Crippen LogP contribution in [0.3, 0.4) is 0 Å². The monoisotopic (exact) mass is 299 g/mol. The molecule has 0 atom stereocenters. The number of pyridine rings is 1. The van der Waals surface area contributed by atoms with Crippen LogP contribution >= 0.6 is 0 Å². The van der Waals surface area contributed by atoms with E-state index in [1.54, 1.807) is 6.20 Å². The molecule has 0 saturated carbocycles. The van der Waals surface area contributed by atoms with Gasteiger partial charge in [0.15, 0.2) is 0 Å². The number of rotatable bonds is 7. The third kappa shape index (κ3) is 5.44. The maximum absolute atomic E-state index is 11.8. The molecule has 0 saturated heterocycles. The van der Waals surface area contributed by atoms with Gasteiger partial charge in [0, 0.05) is 11.9 Å². The van der Waals surface area contributed by atoms with Crippen molar-refractivity contribution in [2.24, 2.45) is 0 Å². The molecule has 0 aliphatic rings. The van der Waals surface area contributed by atoms with Crippen molar-refractivity contribution in [2.45, 2.75) is 26.5 Å². The average molecular weight is 299 g/mol. The van der Waals surface area contributed by atoms with Crippen molar-refractivity contribution in [3.05, 3.63) is 54.4 Å². The van der Waals surface area contributed by atoms with Crippen LogP contribution in [-0.4, -0.2) is 23.5 Å². The summed E-state index contributed by atoms with van der Waals surface area (Å²) in [7, 11) is 0. The van der Waals surface area contributed by atoms with Gasteiger partial charge < -0.3 is 15.4 Å². The molecule has 5 nitrogen and oxygen atoms in total. The second kappa shape index (κ2) is 8.02. The number of hydrogen-bond donors (Lipinski definition) is 2. The summed E-state index contributed by atoms with van der Waals surface area (Å²) in [6.07, 6.45) is 1.86. The topological polar surface area (TPSA) is 63.2 Å². The van der Waals surface area contributed by atoms with Crippen LogP contribution in [0.5, 0.6) is 5.75 Å². The first kappa shape index (κ1) is 15.8. The van der Waals surface area contributed by atoms with E-state index in [2.05, 4.69) is 15.6 Å².